The first kappa shape index (κ1) is 13.9. The molecule has 0 aliphatic carbocycles. The number of hydrogen-bond acceptors (Lipinski definition) is 5. The van der Waals surface area contributed by atoms with Crippen molar-refractivity contribution >= 4 is 5.65 Å². The number of hydrogen-bond donors (Lipinski definition) is 1. The van der Waals surface area contributed by atoms with E-state index in [-0.39, 0.29) is 6.10 Å². The molecule has 19 heavy (non-hydrogen) atoms. The van der Waals surface area contributed by atoms with Gasteiger partial charge < -0.3 is 14.8 Å². The van der Waals surface area contributed by atoms with Crippen LogP contribution < -0.4 is 5.32 Å². The van der Waals surface area contributed by atoms with Crippen molar-refractivity contribution in [2.45, 2.75) is 19.6 Å². The highest BCUT2D eigenvalue weighted by Crippen LogP contribution is 2.04. The summed E-state index contributed by atoms with van der Waals surface area (Å²) in [5.41, 5.74) is 2.93. The van der Waals surface area contributed by atoms with Crippen LogP contribution >= 0.6 is 0 Å². The van der Waals surface area contributed by atoms with Gasteiger partial charge in [-0.25, -0.2) is 9.50 Å². The molecule has 2 aromatic rings. The molecule has 1 atom stereocenters. The van der Waals surface area contributed by atoms with Gasteiger partial charge in [-0.1, -0.05) is 0 Å². The largest absolute Gasteiger partial charge is 0.382 e. The Morgan fingerprint density at radius 2 is 2.26 bits per heavy atom. The van der Waals surface area contributed by atoms with E-state index >= 15 is 0 Å². The number of ether oxygens (including phenoxy) is 2. The van der Waals surface area contributed by atoms with Gasteiger partial charge in [-0.3, -0.25) is 0 Å². The molecule has 1 N–H and O–H groups in total. The summed E-state index contributed by atoms with van der Waals surface area (Å²) in [5, 5.41) is 7.67. The smallest absolute Gasteiger partial charge is 0.155 e. The van der Waals surface area contributed by atoms with Crippen LogP contribution in [0.2, 0.25) is 0 Å². The summed E-state index contributed by atoms with van der Waals surface area (Å²) in [5.74, 6) is 0. The van der Waals surface area contributed by atoms with Crippen molar-refractivity contribution in [2.75, 3.05) is 27.4 Å². The lowest BCUT2D eigenvalue weighted by atomic mass is 10.3. The molecular formula is C13H20N4O2. The van der Waals surface area contributed by atoms with Crippen molar-refractivity contribution in [1.82, 2.24) is 19.9 Å². The fraction of sp³-hybridized carbons (Fsp3) is 0.538. The van der Waals surface area contributed by atoms with Crippen LogP contribution in [0.5, 0.6) is 0 Å². The molecule has 6 nitrogen and oxygen atoms in total. The van der Waals surface area contributed by atoms with Crippen molar-refractivity contribution in [1.29, 1.82) is 0 Å². The average molecular weight is 264 g/mol. The monoisotopic (exact) mass is 264 g/mol. The van der Waals surface area contributed by atoms with E-state index in [2.05, 4.69) is 15.4 Å². The molecule has 0 amide bonds. The van der Waals surface area contributed by atoms with Crippen LogP contribution in [0.1, 0.15) is 11.3 Å². The third-order valence-electron chi connectivity index (χ3n) is 2.88. The number of aromatic nitrogens is 3. The van der Waals surface area contributed by atoms with Gasteiger partial charge in [0.25, 0.3) is 0 Å². The fourth-order valence-corrected chi connectivity index (χ4v) is 1.90. The van der Waals surface area contributed by atoms with Crippen LogP contribution in [0.4, 0.5) is 0 Å². The summed E-state index contributed by atoms with van der Waals surface area (Å²) in [6.45, 7) is 4.01. The Morgan fingerprint density at radius 1 is 1.42 bits per heavy atom. The van der Waals surface area contributed by atoms with Gasteiger partial charge in [0.15, 0.2) is 5.65 Å². The predicted molar refractivity (Wildman–Crippen MR) is 72.1 cm³/mol. The lowest BCUT2D eigenvalue weighted by Crippen LogP contribution is -2.31. The Morgan fingerprint density at radius 3 is 3.00 bits per heavy atom. The van der Waals surface area contributed by atoms with Gasteiger partial charge >= 0.3 is 0 Å². The van der Waals surface area contributed by atoms with Gasteiger partial charge in [0.1, 0.15) is 0 Å². The molecule has 0 radical (unpaired) electrons. The topological polar surface area (TPSA) is 60.7 Å². The summed E-state index contributed by atoms with van der Waals surface area (Å²) < 4.78 is 12.1. The molecule has 0 saturated heterocycles. The zero-order chi connectivity index (χ0) is 13.7. The lowest BCUT2D eigenvalue weighted by Gasteiger charge is -2.14. The highest BCUT2D eigenvalue weighted by Gasteiger charge is 2.06. The highest BCUT2D eigenvalue weighted by molar-refractivity contribution is 5.38. The Hall–Kier alpha value is -1.50. The molecule has 0 spiro atoms. The minimum atomic E-state index is 0.0636. The van der Waals surface area contributed by atoms with Gasteiger partial charge in [-0.15, -0.1) is 0 Å². The maximum Gasteiger partial charge on any atom is 0.155 e. The summed E-state index contributed by atoms with van der Waals surface area (Å²) in [4.78, 5) is 4.36. The van der Waals surface area contributed by atoms with E-state index in [1.807, 2.05) is 25.4 Å². The van der Waals surface area contributed by atoms with E-state index in [1.54, 1.807) is 18.7 Å². The maximum atomic E-state index is 5.28. The summed E-state index contributed by atoms with van der Waals surface area (Å²) in [6.07, 6.45) is 3.91. The Kier molecular flexibility index (Phi) is 4.84. The Labute approximate surface area is 112 Å². The van der Waals surface area contributed by atoms with E-state index < -0.39 is 0 Å². The van der Waals surface area contributed by atoms with Crippen LogP contribution in [-0.2, 0) is 16.0 Å². The first-order valence-electron chi connectivity index (χ1n) is 6.26. The molecule has 2 aromatic heterocycles. The van der Waals surface area contributed by atoms with Gasteiger partial charge in [0.2, 0.25) is 0 Å². The maximum absolute atomic E-state index is 5.28. The van der Waals surface area contributed by atoms with Crippen LogP contribution in [0.15, 0.2) is 18.5 Å². The normalized spacial score (nSPS) is 13.0. The van der Waals surface area contributed by atoms with Gasteiger partial charge in [0, 0.05) is 51.3 Å². The van der Waals surface area contributed by atoms with Crippen molar-refractivity contribution in [3.8, 4) is 0 Å². The second-order valence-corrected chi connectivity index (χ2v) is 4.49. The SMILES string of the molecule is COCC(CNCc1cnc2cc(C)nn2c1)OC. The van der Waals surface area contributed by atoms with Crippen molar-refractivity contribution < 1.29 is 9.47 Å². The summed E-state index contributed by atoms with van der Waals surface area (Å²) >= 11 is 0. The van der Waals surface area contributed by atoms with Crippen molar-refractivity contribution in [2.24, 2.45) is 0 Å². The van der Waals surface area contributed by atoms with Crippen LogP contribution in [0.25, 0.3) is 5.65 Å². The second kappa shape index (κ2) is 6.60. The Bertz CT molecular complexity index is 526. The highest BCUT2D eigenvalue weighted by atomic mass is 16.5. The van der Waals surface area contributed by atoms with E-state index in [4.69, 9.17) is 9.47 Å². The molecule has 0 fully saturated rings. The number of rotatable bonds is 7. The molecule has 6 heteroatoms. The van der Waals surface area contributed by atoms with Gasteiger partial charge in [-0.2, -0.15) is 5.10 Å². The zero-order valence-electron chi connectivity index (χ0n) is 11.6. The minimum Gasteiger partial charge on any atom is -0.382 e. The molecule has 2 rings (SSSR count). The first-order chi connectivity index (χ1) is 9.22. The summed E-state index contributed by atoms with van der Waals surface area (Å²) in [7, 11) is 3.36. The minimum absolute atomic E-state index is 0.0636. The fourth-order valence-electron chi connectivity index (χ4n) is 1.90. The first-order valence-corrected chi connectivity index (χ1v) is 6.26. The molecule has 104 valence electrons. The third-order valence-corrected chi connectivity index (χ3v) is 2.88. The summed E-state index contributed by atoms with van der Waals surface area (Å²) in [6, 6.07) is 1.96. The average Bonchev–Trinajstić information content (AvgIpc) is 2.77. The quantitative estimate of drug-likeness (QED) is 0.801. The van der Waals surface area contributed by atoms with Crippen LogP contribution in [0, 0.1) is 6.92 Å². The van der Waals surface area contributed by atoms with Crippen molar-refractivity contribution in [3.05, 3.63) is 29.7 Å². The van der Waals surface area contributed by atoms with Gasteiger partial charge in [0.05, 0.1) is 18.4 Å². The molecular weight excluding hydrogens is 244 g/mol. The molecule has 1 unspecified atom stereocenters. The standard InChI is InChI=1S/C13H20N4O2/c1-10-4-13-15-6-11(8-17(13)16-10)5-14-7-12(19-3)9-18-2/h4,6,8,12,14H,5,7,9H2,1-3H3. The molecule has 0 aliphatic rings. The predicted octanol–water partition coefficient (Wildman–Crippen LogP) is 0.789. The number of methoxy groups -OCH3 is 2. The van der Waals surface area contributed by atoms with E-state index in [9.17, 15) is 0 Å². The molecule has 0 aliphatic heterocycles. The zero-order valence-corrected chi connectivity index (χ0v) is 11.6. The van der Waals surface area contributed by atoms with E-state index in [0.29, 0.717) is 6.61 Å². The number of fused-ring (bicyclic) bond motifs is 1. The van der Waals surface area contributed by atoms with Crippen molar-refractivity contribution in [3.63, 3.8) is 0 Å². The Balaban J connectivity index is 1.90. The number of nitrogens with zero attached hydrogens (tertiary/aromatic N) is 3. The van der Waals surface area contributed by atoms with E-state index in [0.717, 1.165) is 30.0 Å². The number of aryl methyl sites for hydroxylation is 1. The third kappa shape index (κ3) is 3.73. The molecule has 2 heterocycles. The van der Waals surface area contributed by atoms with Crippen LogP contribution in [-0.4, -0.2) is 48.1 Å². The van der Waals surface area contributed by atoms with Gasteiger partial charge in [-0.05, 0) is 6.92 Å². The number of nitrogens with one attached hydrogen (secondary N) is 1. The van der Waals surface area contributed by atoms with E-state index in [1.165, 1.54) is 0 Å². The molecule has 0 bridgehead atoms. The molecule has 0 saturated carbocycles. The lowest BCUT2D eigenvalue weighted by molar-refractivity contribution is 0.0288. The van der Waals surface area contributed by atoms with Crippen LogP contribution in [0.3, 0.4) is 0 Å². The molecule has 0 aromatic carbocycles. The second-order valence-electron chi connectivity index (χ2n) is 4.49.